The molecule has 1 aliphatic heterocycles. The van der Waals surface area contributed by atoms with Crippen LogP contribution in [0.1, 0.15) is 55.8 Å². The highest BCUT2D eigenvalue weighted by Crippen LogP contribution is 2.45. The number of H-pyrrole nitrogens is 1. The van der Waals surface area contributed by atoms with E-state index in [1.54, 1.807) is 0 Å². The molecule has 1 amide bonds. The molecule has 2 fully saturated rings. The Morgan fingerprint density at radius 3 is 2.62 bits per heavy atom. The average molecular weight is 476 g/mol. The summed E-state index contributed by atoms with van der Waals surface area (Å²) in [5.41, 5.74) is 3.24. The van der Waals surface area contributed by atoms with Crippen LogP contribution in [0, 0.1) is 0 Å². The fraction of sp³-hybridized carbons (Fsp3) is 0.400. The summed E-state index contributed by atoms with van der Waals surface area (Å²) in [6, 6.07) is 9.97. The lowest BCUT2D eigenvalue weighted by molar-refractivity contribution is -0.134. The Balaban J connectivity index is 1.19. The quantitative estimate of drug-likeness (QED) is 0.461. The maximum atomic E-state index is 13.2. The van der Waals surface area contributed by atoms with Crippen LogP contribution in [-0.4, -0.2) is 54.1 Å². The van der Waals surface area contributed by atoms with Gasteiger partial charge in [0.05, 0.1) is 11.7 Å². The monoisotopic (exact) mass is 475 g/mol. The number of nitrogens with zero attached hydrogens (tertiary/aromatic N) is 6. The third kappa shape index (κ3) is 3.66. The number of aromatic amines is 1. The number of pyridine rings is 1. The van der Waals surface area contributed by atoms with Gasteiger partial charge in [0.2, 0.25) is 5.91 Å². The lowest BCUT2D eigenvalue weighted by atomic mass is 9.66. The highest BCUT2D eigenvalue weighted by molar-refractivity contribution is 6.30. The van der Waals surface area contributed by atoms with E-state index < -0.39 is 0 Å². The van der Waals surface area contributed by atoms with Crippen molar-refractivity contribution in [2.45, 2.75) is 49.9 Å². The van der Waals surface area contributed by atoms with Crippen LogP contribution in [0.5, 0.6) is 0 Å². The lowest BCUT2D eigenvalue weighted by Gasteiger charge is -2.40. The minimum absolute atomic E-state index is 0.204. The number of benzene rings is 1. The zero-order valence-electron chi connectivity index (χ0n) is 18.8. The van der Waals surface area contributed by atoms with Crippen molar-refractivity contribution in [2.24, 2.45) is 0 Å². The molecule has 0 bridgehead atoms. The topological polar surface area (TPSA) is 92.6 Å². The molecule has 8 nitrogen and oxygen atoms in total. The van der Waals surface area contributed by atoms with Crippen LogP contribution in [-0.2, 0) is 10.2 Å². The van der Waals surface area contributed by atoms with Crippen LogP contribution < -0.4 is 0 Å². The summed E-state index contributed by atoms with van der Waals surface area (Å²) in [7, 11) is 0. The Kier molecular flexibility index (Phi) is 5.32. The summed E-state index contributed by atoms with van der Waals surface area (Å²) in [5, 5.41) is 16.6. The molecule has 4 heterocycles. The van der Waals surface area contributed by atoms with Crippen molar-refractivity contribution in [1.82, 2.24) is 35.1 Å². The maximum absolute atomic E-state index is 13.2. The van der Waals surface area contributed by atoms with Crippen molar-refractivity contribution in [2.75, 3.05) is 13.1 Å². The van der Waals surface area contributed by atoms with Gasteiger partial charge in [-0.15, -0.1) is 10.2 Å². The molecule has 174 valence electrons. The molecule has 1 aliphatic carbocycles. The van der Waals surface area contributed by atoms with E-state index in [1.165, 1.54) is 10.9 Å². The summed E-state index contributed by atoms with van der Waals surface area (Å²) < 4.78 is 2.19. The Morgan fingerprint density at radius 2 is 1.94 bits per heavy atom. The van der Waals surface area contributed by atoms with E-state index in [0.717, 1.165) is 61.4 Å². The van der Waals surface area contributed by atoms with E-state index in [1.807, 2.05) is 41.6 Å². The number of carbonyl (C=O) groups is 1. The van der Waals surface area contributed by atoms with E-state index in [9.17, 15) is 4.79 Å². The first-order valence-corrected chi connectivity index (χ1v) is 12.2. The van der Waals surface area contributed by atoms with E-state index in [0.29, 0.717) is 18.2 Å². The van der Waals surface area contributed by atoms with Gasteiger partial charge >= 0.3 is 0 Å². The summed E-state index contributed by atoms with van der Waals surface area (Å²) >= 11 is 6.10. The minimum atomic E-state index is -0.236. The molecule has 6 rings (SSSR count). The number of halogens is 1. The number of aromatic nitrogens is 6. The van der Waals surface area contributed by atoms with Crippen LogP contribution in [0.15, 0.2) is 48.9 Å². The molecule has 0 radical (unpaired) electrons. The average Bonchev–Trinajstić information content (AvgIpc) is 3.51. The summed E-state index contributed by atoms with van der Waals surface area (Å²) in [5.74, 6) is 1.29. The van der Waals surface area contributed by atoms with Crippen molar-refractivity contribution in [1.29, 1.82) is 0 Å². The van der Waals surface area contributed by atoms with Crippen LogP contribution in [0.4, 0.5) is 0 Å². The highest BCUT2D eigenvalue weighted by atomic mass is 35.5. The second kappa shape index (κ2) is 8.51. The Bertz CT molecular complexity index is 1300. The van der Waals surface area contributed by atoms with Gasteiger partial charge in [0.1, 0.15) is 0 Å². The predicted octanol–water partition coefficient (Wildman–Crippen LogP) is 4.41. The van der Waals surface area contributed by atoms with Gasteiger partial charge in [0.25, 0.3) is 0 Å². The van der Waals surface area contributed by atoms with Crippen molar-refractivity contribution < 1.29 is 4.79 Å². The maximum Gasteiger partial charge on any atom is 0.223 e. The number of rotatable bonds is 5. The molecule has 1 N–H and O–H groups in total. The van der Waals surface area contributed by atoms with Gasteiger partial charge in [0.15, 0.2) is 5.82 Å². The molecule has 1 aromatic carbocycles. The number of nitrogens with one attached hydrogen (secondary N) is 1. The van der Waals surface area contributed by atoms with Crippen LogP contribution >= 0.6 is 11.6 Å². The first-order valence-electron chi connectivity index (χ1n) is 11.9. The van der Waals surface area contributed by atoms with Gasteiger partial charge in [-0.25, -0.2) is 0 Å². The lowest BCUT2D eigenvalue weighted by Crippen LogP contribution is -2.44. The molecule has 9 heteroatoms. The molecular formula is C25H26ClN7O. The highest BCUT2D eigenvalue weighted by Gasteiger charge is 2.45. The number of hydrogen-bond acceptors (Lipinski definition) is 5. The Labute approximate surface area is 202 Å². The SMILES string of the molecule is O=C(CC1(c2nn[nH]n2)CCC1)N1CCC(c2cn(-c3ccc(Cl)cc3)c3cnccc23)CC1. The Hall–Kier alpha value is -3.26. The standard InChI is InChI=1S/C25H26ClN7O/c26-18-2-4-19(5-3-18)33-16-21(20-6-11-27-15-22(20)33)17-7-12-32(13-8-17)23(34)14-25(9-1-10-25)24-28-30-31-29-24/h2-6,11,15-17H,1,7-10,12-14H2,(H,28,29,30,31). The van der Waals surface area contributed by atoms with E-state index in [4.69, 9.17) is 11.6 Å². The Morgan fingerprint density at radius 1 is 1.15 bits per heavy atom. The van der Waals surface area contributed by atoms with Crippen LogP contribution in [0.3, 0.4) is 0 Å². The van der Waals surface area contributed by atoms with Gasteiger partial charge in [-0.1, -0.05) is 23.2 Å². The third-order valence-electron chi connectivity index (χ3n) is 7.65. The van der Waals surface area contributed by atoms with E-state index in [2.05, 4.69) is 42.4 Å². The molecule has 1 saturated heterocycles. The number of hydrogen-bond donors (Lipinski definition) is 1. The fourth-order valence-electron chi connectivity index (χ4n) is 5.55. The van der Waals surface area contributed by atoms with Gasteiger partial charge in [-0.05, 0) is 67.5 Å². The van der Waals surface area contributed by atoms with Crippen molar-refractivity contribution in [3.63, 3.8) is 0 Å². The molecule has 1 saturated carbocycles. The predicted molar refractivity (Wildman–Crippen MR) is 129 cm³/mol. The molecule has 3 aromatic heterocycles. The number of piperidine rings is 1. The largest absolute Gasteiger partial charge is 0.343 e. The summed E-state index contributed by atoms with van der Waals surface area (Å²) in [6.07, 6.45) is 11.4. The van der Waals surface area contributed by atoms with Crippen molar-refractivity contribution >= 4 is 28.4 Å². The number of fused-ring (bicyclic) bond motifs is 1. The van der Waals surface area contributed by atoms with Crippen LogP contribution in [0.25, 0.3) is 16.6 Å². The van der Waals surface area contributed by atoms with Gasteiger partial charge in [0, 0.05) is 53.4 Å². The molecule has 0 spiro atoms. The van der Waals surface area contributed by atoms with Gasteiger partial charge in [-0.3, -0.25) is 9.78 Å². The summed E-state index contributed by atoms with van der Waals surface area (Å²) in [4.78, 5) is 19.6. The van der Waals surface area contributed by atoms with Crippen LogP contribution in [0.2, 0.25) is 5.02 Å². The molecule has 0 atom stereocenters. The zero-order chi connectivity index (χ0) is 23.1. The van der Waals surface area contributed by atoms with E-state index in [-0.39, 0.29) is 11.3 Å². The molecule has 0 unspecified atom stereocenters. The van der Waals surface area contributed by atoms with E-state index >= 15 is 0 Å². The van der Waals surface area contributed by atoms with Gasteiger partial charge < -0.3 is 9.47 Å². The zero-order valence-corrected chi connectivity index (χ0v) is 19.6. The first kappa shape index (κ1) is 21.3. The first-order chi connectivity index (χ1) is 16.6. The molecule has 4 aromatic rings. The smallest absolute Gasteiger partial charge is 0.223 e. The minimum Gasteiger partial charge on any atom is -0.343 e. The fourth-order valence-corrected chi connectivity index (χ4v) is 5.68. The number of likely N-dealkylation sites (tertiary alicyclic amines) is 1. The van der Waals surface area contributed by atoms with Crippen molar-refractivity contribution in [3.05, 3.63) is 65.3 Å². The molecular weight excluding hydrogens is 450 g/mol. The number of carbonyl (C=O) groups excluding carboxylic acids is 1. The number of amides is 1. The molecule has 2 aliphatic rings. The summed E-state index contributed by atoms with van der Waals surface area (Å²) in [6.45, 7) is 1.54. The molecule has 34 heavy (non-hydrogen) atoms. The third-order valence-corrected chi connectivity index (χ3v) is 7.90. The number of tetrazole rings is 1. The second-order valence-electron chi connectivity index (χ2n) is 9.52. The van der Waals surface area contributed by atoms with Gasteiger partial charge in [-0.2, -0.15) is 5.21 Å². The second-order valence-corrected chi connectivity index (χ2v) is 9.96. The van der Waals surface area contributed by atoms with Crippen molar-refractivity contribution in [3.8, 4) is 5.69 Å². The normalized spacial score (nSPS) is 18.2.